The van der Waals surface area contributed by atoms with Gasteiger partial charge in [-0.25, -0.2) is 9.67 Å². The van der Waals surface area contributed by atoms with Crippen LogP contribution in [0.4, 0.5) is 0 Å². The van der Waals surface area contributed by atoms with Crippen molar-refractivity contribution in [3.63, 3.8) is 0 Å². The van der Waals surface area contributed by atoms with Crippen LogP contribution >= 0.6 is 11.6 Å². The Morgan fingerprint density at radius 1 is 1.21 bits per heavy atom. The van der Waals surface area contributed by atoms with Crippen LogP contribution in [-0.2, 0) is 4.79 Å². The number of carbonyl (C=O) groups excluding carboxylic acids is 2. The van der Waals surface area contributed by atoms with Crippen molar-refractivity contribution in [1.29, 1.82) is 0 Å². The lowest BCUT2D eigenvalue weighted by molar-refractivity contribution is -0.255. The molecule has 2 heterocycles. The summed E-state index contributed by atoms with van der Waals surface area (Å²) in [5.74, 6) is -1.89. The van der Waals surface area contributed by atoms with Crippen LogP contribution in [0.25, 0.3) is 17.8 Å². The number of fused-ring (bicyclic) bond motifs is 1. The molecule has 3 aromatic rings. The SMILES string of the molecule is Cc1[nH]n(-c2ccc(Cl)c(C(=O)[O-])c2)c(=O)c1C=C1C=c2ccccc2=NC1=O. The number of carbonyl (C=O) groups is 2. The third kappa shape index (κ3) is 3.32. The molecule has 1 amide bonds. The molecule has 0 saturated carbocycles. The molecule has 4 rings (SSSR count). The van der Waals surface area contributed by atoms with Crippen LogP contribution in [-0.4, -0.2) is 21.7 Å². The van der Waals surface area contributed by atoms with Crippen LogP contribution in [0.5, 0.6) is 0 Å². The van der Waals surface area contributed by atoms with Crippen molar-refractivity contribution >= 4 is 35.6 Å². The molecular weight excluding hydrogens is 394 g/mol. The average Bonchev–Trinajstić information content (AvgIpc) is 2.97. The first-order valence-corrected chi connectivity index (χ1v) is 8.97. The number of hydrogen-bond acceptors (Lipinski definition) is 4. The summed E-state index contributed by atoms with van der Waals surface area (Å²) in [6, 6.07) is 11.3. The van der Waals surface area contributed by atoms with Gasteiger partial charge in [0.15, 0.2) is 0 Å². The molecule has 0 bridgehead atoms. The van der Waals surface area contributed by atoms with E-state index in [9.17, 15) is 19.5 Å². The minimum Gasteiger partial charge on any atom is -0.545 e. The first kappa shape index (κ1) is 18.6. The monoisotopic (exact) mass is 406 g/mol. The van der Waals surface area contributed by atoms with Crippen LogP contribution in [0, 0.1) is 6.92 Å². The summed E-state index contributed by atoms with van der Waals surface area (Å²) in [7, 11) is 0. The lowest BCUT2D eigenvalue weighted by Crippen LogP contribution is -2.30. The van der Waals surface area contributed by atoms with Crippen molar-refractivity contribution in [3.05, 3.63) is 90.8 Å². The van der Waals surface area contributed by atoms with Crippen molar-refractivity contribution in [2.24, 2.45) is 4.99 Å². The molecule has 2 aromatic carbocycles. The fourth-order valence-electron chi connectivity index (χ4n) is 3.09. The van der Waals surface area contributed by atoms with Crippen molar-refractivity contribution in [1.82, 2.24) is 9.78 Å². The molecule has 8 heteroatoms. The van der Waals surface area contributed by atoms with Gasteiger partial charge in [-0.1, -0.05) is 29.8 Å². The fourth-order valence-corrected chi connectivity index (χ4v) is 3.29. The number of aromatic nitrogens is 2. The van der Waals surface area contributed by atoms with Gasteiger partial charge in [-0.2, -0.15) is 0 Å². The van der Waals surface area contributed by atoms with Crippen LogP contribution in [0.3, 0.4) is 0 Å². The molecule has 144 valence electrons. The normalized spacial score (nSPS) is 14.3. The lowest BCUT2D eigenvalue weighted by atomic mass is 10.1. The molecule has 0 unspecified atom stereocenters. The zero-order valence-corrected chi connectivity index (χ0v) is 15.9. The van der Waals surface area contributed by atoms with Gasteiger partial charge in [0.2, 0.25) is 0 Å². The van der Waals surface area contributed by atoms with Gasteiger partial charge in [0.25, 0.3) is 11.5 Å². The van der Waals surface area contributed by atoms with E-state index in [0.29, 0.717) is 11.1 Å². The average molecular weight is 407 g/mol. The van der Waals surface area contributed by atoms with E-state index >= 15 is 0 Å². The number of hydrogen-bond donors (Lipinski definition) is 1. The van der Waals surface area contributed by atoms with Gasteiger partial charge < -0.3 is 9.90 Å². The summed E-state index contributed by atoms with van der Waals surface area (Å²) < 4.78 is 1.18. The lowest BCUT2D eigenvalue weighted by Gasteiger charge is -2.08. The molecule has 0 aliphatic carbocycles. The van der Waals surface area contributed by atoms with E-state index in [4.69, 9.17) is 11.6 Å². The summed E-state index contributed by atoms with van der Waals surface area (Å²) in [6.45, 7) is 1.68. The Bertz CT molecular complexity index is 1400. The largest absolute Gasteiger partial charge is 0.545 e. The van der Waals surface area contributed by atoms with Crippen LogP contribution in [0.15, 0.2) is 57.8 Å². The smallest absolute Gasteiger partial charge is 0.278 e. The molecule has 1 aliphatic rings. The third-order valence-corrected chi connectivity index (χ3v) is 4.89. The molecule has 1 aliphatic heterocycles. The van der Waals surface area contributed by atoms with Crippen molar-refractivity contribution in [3.8, 4) is 5.69 Å². The maximum absolute atomic E-state index is 12.9. The Morgan fingerprint density at radius 3 is 2.72 bits per heavy atom. The number of aryl methyl sites for hydroxylation is 1. The maximum Gasteiger partial charge on any atom is 0.278 e. The number of carboxylic acids is 1. The van der Waals surface area contributed by atoms with Crippen LogP contribution in [0.2, 0.25) is 5.02 Å². The highest BCUT2D eigenvalue weighted by Crippen LogP contribution is 2.19. The number of amides is 1. The van der Waals surface area contributed by atoms with Crippen molar-refractivity contribution in [2.45, 2.75) is 6.92 Å². The van der Waals surface area contributed by atoms with Gasteiger partial charge in [-0.15, -0.1) is 0 Å². The van der Waals surface area contributed by atoms with E-state index in [1.54, 1.807) is 25.1 Å². The zero-order valence-electron chi connectivity index (χ0n) is 15.1. The minimum atomic E-state index is -1.45. The standard InChI is InChI=1S/C21H14ClN3O4/c1-11-15(9-13-8-12-4-2-3-5-18(12)23-19(13)26)20(27)25(24-11)14-6-7-17(22)16(10-14)21(28)29/h2-10,24H,1H3,(H,28,29)/p-1. The summed E-state index contributed by atoms with van der Waals surface area (Å²) in [5.41, 5.74) is 0.662. The highest BCUT2D eigenvalue weighted by Gasteiger charge is 2.16. The van der Waals surface area contributed by atoms with Crippen LogP contribution < -0.4 is 21.2 Å². The number of carboxylic acid groups (broad SMARTS) is 1. The first-order chi connectivity index (χ1) is 13.8. The summed E-state index contributed by atoms with van der Waals surface area (Å²) in [5, 5.41) is 15.5. The Labute approximate surface area is 168 Å². The number of benzene rings is 2. The number of para-hydroxylation sites is 1. The molecule has 29 heavy (non-hydrogen) atoms. The Balaban J connectivity index is 1.84. The molecule has 0 saturated heterocycles. The molecule has 0 fully saturated rings. The van der Waals surface area contributed by atoms with Crippen molar-refractivity contribution in [2.75, 3.05) is 0 Å². The Hall–Kier alpha value is -3.71. The number of aromatic amines is 1. The predicted molar refractivity (Wildman–Crippen MR) is 105 cm³/mol. The highest BCUT2D eigenvalue weighted by molar-refractivity contribution is 6.33. The van der Waals surface area contributed by atoms with E-state index in [1.807, 2.05) is 12.1 Å². The Morgan fingerprint density at radius 2 is 1.97 bits per heavy atom. The number of nitrogens with one attached hydrogen (secondary N) is 1. The third-order valence-electron chi connectivity index (χ3n) is 4.56. The molecule has 0 spiro atoms. The van der Waals surface area contributed by atoms with Gasteiger partial charge in [0.1, 0.15) is 0 Å². The Kier molecular flexibility index (Phi) is 4.52. The second kappa shape index (κ2) is 7.03. The molecule has 1 N–H and O–H groups in total. The van der Waals surface area contributed by atoms with Gasteiger partial charge in [-0.3, -0.25) is 14.7 Å². The van der Waals surface area contributed by atoms with E-state index < -0.39 is 17.4 Å². The number of nitrogens with zero attached hydrogens (tertiary/aromatic N) is 2. The topological polar surface area (TPSA) is 107 Å². The quantitative estimate of drug-likeness (QED) is 0.639. The molecule has 7 nitrogen and oxygen atoms in total. The second-order valence-corrected chi connectivity index (χ2v) is 6.87. The first-order valence-electron chi connectivity index (χ1n) is 8.59. The molecule has 1 aromatic heterocycles. The summed E-state index contributed by atoms with van der Waals surface area (Å²) in [6.07, 6.45) is 3.15. The zero-order chi connectivity index (χ0) is 20.7. The van der Waals surface area contributed by atoms with E-state index in [-0.39, 0.29) is 27.4 Å². The van der Waals surface area contributed by atoms with Crippen LogP contribution in [0.1, 0.15) is 21.6 Å². The van der Waals surface area contributed by atoms with Gasteiger partial charge in [0, 0.05) is 27.1 Å². The number of rotatable bonds is 3. The molecule has 0 atom stereocenters. The van der Waals surface area contributed by atoms with Gasteiger partial charge >= 0.3 is 0 Å². The van der Waals surface area contributed by atoms with E-state index in [0.717, 1.165) is 5.22 Å². The number of aromatic carboxylic acids is 1. The maximum atomic E-state index is 12.9. The summed E-state index contributed by atoms with van der Waals surface area (Å²) >= 11 is 5.86. The summed E-state index contributed by atoms with van der Waals surface area (Å²) in [4.78, 5) is 40.5. The number of halogens is 1. The molecular formula is C21H13ClN3O4-. The fraction of sp³-hybridized carbons (Fsp3) is 0.0476. The minimum absolute atomic E-state index is 0.00935. The highest BCUT2D eigenvalue weighted by atomic mass is 35.5. The predicted octanol–water partition coefficient (Wildman–Crippen LogP) is 0.515. The molecule has 0 radical (unpaired) electrons. The number of H-pyrrole nitrogens is 1. The second-order valence-electron chi connectivity index (χ2n) is 6.46. The van der Waals surface area contributed by atoms with Gasteiger partial charge in [-0.05, 0) is 43.3 Å². The van der Waals surface area contributed by atoms with E-state index in [1.165, 1.54) is 29.0 Å². The van der Waals surface area contributed by atoms with Crippen molar-refractivity contribution < 1.29 is 14.7 Å². The van der Waals surface area contributed by atoms with E-state index in [2.05, 4.69) is 10.1 Å². The van der Waals surface area contributed by atoms with Gasteiger partial charge in [0.05, 0.1) is 22.6 Å².